The number of aromatic nitrogens is 2. The first-order valence-corrected chi connectivity index (χ1v) is 6.88. The first kappa shape index (κ1) is 14.1. The summed E-state index contributed by atoms with van der Waals surface area (Å²) < 4.78 is 0. The third-order valence-corrected chi connectivity index (χ3v) is 3.09. The van der Waals surface area contributed by atoms with E-state index in [-0.39, 0.29) is 11.9 Å². The van der Waals surface area contributed by atoms with Crippen LogP contribution in [0.1, 0.15) is 42.5 Å². The standard InChI is InChI=1S/C15H20N4O/c1-3-13(14-17-9-10-18-14)19-15(20)11-5-7-12(8-6-11)16-4-2/h5-10,13,16H,3-4H2,1-2H3,(H,17,18)(H,19,20). The number of rotatable bonds is 6. The number of nitrogens with zero attached hydrogens (tertiary/aromatic N) is 1. The van der Waals surface area contributed by atoms with Crippen LogP contribution in [0.25, 0.3) is 0 Å². The SMILES string of the molecule is CCNc1ccc(C(=O)NC(CC)c2ncc[nH]2)cc1. The van der Waals surface area contributed by atoms with Gasteiger partial charge in [-0.3, -0.25) is 4.79 Å². The summed E-state index contributed by atoms with van der Waals surface area (Å²) in [5.74, 6) is 0.696. The second-order valence-electron chi connectivity index (χ2n) is 4.52. The van der Waals surface area contributed by atoms with Crippen molar-refractivity contribution in [2.75, 3.05) is 11.9 Å². The normalized spacial score (nSPS) is 11.9. The Balaban J connectivity index is 2.03. The molecule has 0 aliphatic heterocycles. The van der Waals surface area contributed by atoms with E-state index in [2.05, 4.69) is 20.6 Å². The fourth-order valence-electron chi connectivity index (χ4n) is 2.02. The van der Waals surface area contributed by atoms with Gasteiger partial charge in [0.25, 0.3) is 5.91 Å². The van der Waals surface area contributed by atoms with Crippen LogP contribution in [0.2, 0.25) is 0 Å². The number of H-pyrrole nitrogens is 1. The minimum atomic E-state index is -0.0917. The number of aromatic amines is 1. The lowest BCUT2D eigenvalue weighted by Crippen LogP contribution is -2.28. The molecule has 1 heterocycles. The predicted molar refractivity (Wildman–Crippen MR) is 79.7 cm³/mol. The predicted octanol–water partition coefficient (Wildman–Crippen LogP) is 2.72. The zero-order valence-corrected chi connectivity index (χ0v) is 11.8. The number of nitrogens with one attached hydrogen (secondary N) is 3. The van der Waals surface area contributed by atoms with Gasteiger partial charge in [-0.1, -0.05) is 6.92 Å². The van der Waals surface area contributed by atoms with Gasteiger partial charge < -0.3 is 15.6 Å². The van der Waals surface area contributed by atoms with Gasteiger partial charge in [0.1, 0.15) is 5.82 Å². The van der Waals surface area contributed by atoms with Gasteiger partial charge in [-0.2, -0.15) is 0 Å². The van der Waals surface area contributed by atoms with Gasteiger partial charge in [0, 0.05) is 30.2 Å². The highest BCUT2D eigenvalue weighted by molar-refractivity contribution is 5.94. The van der Waals surface area contributed by atoms with Gasteiger partial charge in [0.2, 0.25) is 0 Å². The summed E-state index contributed by atoms with van der Waals surface area (Å²) in [6.07, 6.45) is 4.24. The molecule has 1 aromatic carbocycles. The monoisotopic (exact) mass is 272 g/mol. The van der Waals surface area contributed by atoms with Crippen molar-refractivity contribution in [1.29, 1.82) is 0 Å². The lowest BCUT2D eigenvalue weighted by molar-refractivity contribution is 0.0934. The van der Waals surface area contributed by atoms with E-state index in [0.29, 0.717) is 5.56 Å². The fraction of sp³-hybridized carbons (Fsp3) is 0.333. The molecule has 0 spiro atoms. The molecule has 0 aliphatic carbocycles. The summed E-state index contributed by atoms with van der Waals surface area (Å²) >= 11 is 0. The minimum absolute atomic E-state index is 0.0868. The minimum Gasteiger partial charge on any atom is -0.385 e. The van der Waals surface area contributed by atoms with Gasteiger partial charge in [0.15, 0.2) is 0 Å². The van der Waals surface area contributed by atoms with Gasteiger partial charge in [0.05, 0.1) is 6.04 Å². The molecule has 1 atom stereocenters. The van der Waals surface area contributed by atoms with Crippen LogP contribution in [0, 0.1) is 0 Å². The molecule has 5 heteroatoms. The van der Waals surface area contributed by atoms with E-state index >= 15 is 0 Å². The second kappa shape index (κ2) is 6.75. The van der Waals surface area contributed by atoms with Gasteiger partial charge >= 0.3 is 0 Å². The van der Waals surface area contributed by atoms with Crippen molar-refractivity contribution in [3.63, 3.8) is 0 Å². The molecule has 5 nitrogen and oxygen atoms in total. The van der Waals surface area contributed by atoms with Crippen LogP contribution in [0.15, 0.2) is 36.7 Å². The third kappa shape index (κ3) is 3.38. The Bertz CT molecular complexity index is 534. The van der Waals surface area contributed by atoms with Crippen molar-refractivity contribution < 1.29 is 4.79 Å². The summed E-state index contributed by atoms with van der Waals surface area (Å²) in [4.78, 5) is 19.4. The van der Waals surface area contributed by atoms with E-state index in [4.69, 9.17) is 0 Å². The van der Waals surface area contributed by atoms with Gasteiger partial charge in [-0.25, -0.2) is 4.98 Å². The Labute approximate surface area is 118 Å². The van der Waals surface area contributed by atoms with Crippen LogP contribution in [0.5, 0.6) is 0 Å². The van der Waals surface area contributed by atoms with Crippen LogP contribution in [-0.4, -0.2) is 22.4 Å². The molecule has 1 aromatic heterocycles. The molecule has 0 radical (unpaired) electrons. The van der Waals surface area contributed by atoms with E-state index in [1.807, 2.05) is 38.1 Å². The van der Waals surface area contributed by atoms with Gasteiger partial charge in [-0.15, -0.1) is 0 Å². The molecule has 0 fully saturated rings. The maximum Gasteiger partial charge on any atom is 0.251 e. The van der Waals surface area contributed by atoms with Crippen molar-refractivity contribution in [3.8, 4) is 0 Å². The molecule has 20 heavy (non-hydrogen) atoms. The van der Waals surface area contributed by atoms with E-state index < -0.39 is 0 Å². The number of carbonyl (C=O) groups is 1. The van der Waals surface area contributed by atoms with Crippen LogP contribution in [0.3, 0.4) is 0 Å². The molecule has 2 aromatic rings. The number of carbonyl (C=O) groups excluding carboxylic acids is 1. The topological polar surface area (TPSA) is 69.8 Å². The highest BCUT2D eigenvalue weighted by atomic mass is 16.1. The van der Waals surface area contributed by atoms with Crippen LogP contribution in [0.4, 0.5) is 5.69 Å². The zero-order chi connectivity index (χ0) is 14.4. The van der Waals surface area contributed by atoms with Crippen LogP contribution < -0.4 is 10.6 Å². The van der Waals surface area contributed by atoms with Crippen molar-refractivity contribution in [2.24, 2.45) is 0 Å². The third-order valence-electron chi connectivity index (χ3n) is 3.09. The molecule has 0 aliphatic rings. The Morgan fingerprint density at radius 2 is 2.05 bits per heavy atom. The summed E-state index contributed by atoms with van der Waals surface area (Å²) in [5.41, 5.74) is 1.67. The number of amides is 1. The molecule has 1 amide bonds. The Morgan fingerprint density at radius 1 is 1.30 bits per heavy atom. The van der Waals surface area contributed by atoms with E-state index in [0.717, 1.165) is 24.5 Å². The quantitative estimate of drug-likeness (QED) is 0.757. The molecule has 1 unspecified atom stereocenters. The molecular formula is C15H20N4O. The number of hydrogen-bond donors (Lipinski definition) is 3. The van der Waals surface area contributed by atoms with Crippen molar-refractivity contribution in [2.45, 2.75) is 26.3 Å². The molecule has 0 bridgehead atoms. The van der Waals surface area contributed by atoms with Crippen molar-refractivity contribution in [3.05, 3.63) is 48.0 Å². The smallest absolute Gasteiger partial charge is 0.251 e. The second-order valence-corrected chi connectivity index (χ2v) is 4.52. The van der Waals surface area contributed by atoms with Crippen LogP contribution in [-0.2, 0) is 0 Å². The first-order valence-electron chi connectivity index (χ1n) is 6.88. The molecule has 0 saturated carbocycles. The Morgan fingerprint density at radius 3 is 2.60 bits per heavy atom. The first-order chi connectivity index (χ1) is 9.74. The highest BCUT2D eigenvalue weighted by Gasteiger charge is 2.15. The number of hydrogen-bond acceptors (Lipinski definition) is 3. The highest BCUT2D eigenvalue weighted by Crippen LogP contribution is 2.14. The number of anilines is 1. The lowest BCUT2D eigenvalue weighted by atomic mass is 10.1. The Kier molecular flexibility index (Phi) is 4.76. The largest absolute Gasteiger partial charge is 0.385 e. The molecular weight excluding hydrogens is 252 g/mol. The lowest BCUT2D eigenvalue weighted by Gasteiger charge is -2.15. The molecule has 2 rings (SSSR count). The van der Waals surface area contributed by atoms with Crippen LogP contribution >= 0.6 is 0 Å². The van der Waals surface area contributed by atoms with Crippen molar-refractivity contribution in [1.82, 2.24) is 15.3 Å². The van der Waals surface area contributed by atoms with Gasteiger partial charge in [-0.05, 0) is 37.6 Å². The van der Waals surface area contributed by atoms with Crippen molar-refractivity contribution >= 4 is 11.6 Å². The molecule has 106 valence electrons. The average Bonchev–Trinajstić information content (AvgIpc) is 2.99. The summed E-state index contributed by atoms with van der Waals surface area (Å²) in [6.45, 7) is 4.92. The average molecular weight is 272 g/mol. The summed E-state index contributed by atoms with van der Waals surface area (Å²) in [5, 5.41) is 6.19. The molecule has 3 N–H and O–H groups in total. The summed E-state index contributed by atoms with van der Waals surface area (Å²) in [7, 11) is 0. The zero-order valence-electron chi connectivity index (χ0n) is 11.8. The van der Waals surface area contributed by atoms with E-state index in [1.165, 1.54) is 0 Å². The van der Waals surface area contributed by atoms with E-state index in [9.17, 15) is 4.79 Å². The van der Waals surface area contributed by atoms with E-state index in [1.54, 1.807) is 12.4 Å². The number of imidazole rings is 1. The number of benzene rings is 1. The maximum absolute atomic E-state index is 12.2. The fourth-order valence-corrected chi connectivity index (χ4v) is 2.02. The maximum atomic E-state index is 12.2. The summed E-state index contributed by atoms with van der Waals surface area (Å²) in [6, 6.07) is 7.37. The Hall–Kier alpha value is -2.30. The molecule has 0 saturated heterocycles.